The summed E-state index contributed by atoms with van der Waals surface area (Å²) in [5.74, 6) is 0.0784. The average Bonchev–Trinajstić information content (AvgIpc) is 3.38. The molecule has 6 nitrogen and oxygen atoms in total. The Morgan fingerprint density at radius 3 is 2.68 bits per heavy atom. The number of hydrogen-bond acceptors (Lipinski definition) is 6. The number of ether oxygens (including phenoxy) is 3. The molecule has 8 heteroatoms. The quantitative estimate of drug-likeness (QED) is 0.385. The Morgan fingerprint density at radius 1 is 1.11 bits per heavy atom. The van der Waals surface area contributed by atoms with E-state index in [1.165, 1.54) is 6.07 Å². The highest BCUT2D eigenvalue weighted by Crippen LogP contribution is 2.40. The van der Waals surface area contributed by atoms with Crippen molar-refractivity contribution in [2.75, 3.05) is 31.3 Å². The number of para-hydroxylation sites is 1. The Hall–Kier alpha value is -3.49. The van der Waals surface area contributed by atoms with E-state index in [2.05, 4.69) is 4.90 Å². The molecule has 2 atom stereocenters. The lowest BCUT2D eigenvalue weighted by molar-refractivity contribution is -0.130. The second-order valence-corrected chi connectivity index (χ2v) is 9.61. The highest BCUT2D eigenvalue weighted by atomic mass is 19.1. The summed E-state index contributed by atoms with van der Waals surface area (Å²) in [6, 6.07) is 17.1. The highest BCUT2D eigenvalue weighted by Gasteiger charge is 2.44. The van der Waals surface area contributed by atoms with Crippen molar-refractivity contribution >= 4 is 12.2 Å². The van der Waals surface area contributed by atoms with Crippen molar-refractivity contribution in [3.8, 4) is 16.9 Å². The monoisotopic (exact) mass is 508 g/mol. The zero-order chi connectivity index (χ0) is 25.8. The summed E-state index contributed by atoms with van der Waals surface area (Å²) < 4.78 is 45.6. The maximum absolute atomic E-state index is 15.5. The van der Waals surface area contributed by atoms with Gasteiger partial charge in [-0.2, -0.15) is 0 Å². The number of alkyl halides is 1. The summed E-state index contributed by atoms with van der Waals surface area (Å²) in [6.45, 7) is 2.28. The number of rotatable bonds is 10. The molecule has 1 spiro atoms. The minimum atomic E-state index is -1.02. The van der Waals surface area contributed by atoms with Crippen LogP contribution in [0.5, 0.6) is 5.75 Å². The van der Waals surface area contributed by atoms with Gasteiger partial charge in [0.2, 0.25) is 0 Å². The van der Waals surface area contributed by atoms with Crippen LogP contribution in [0.4, 0.5) is 14.5 Å². The molecule has 0 aromatic heterocycles. The van der Waals surface area contributed by atoms with Crippen molar-refractivity contribution in [1.82, 2.24) is 0 Å². The SMILES string of the molecule is NC(CF)c1cccc(-c2cc(COc3ccccc3COC=O)cc(N3CCC4(CCO4)C3)c2)c1F. The molecular weight excluding hydrogens is 478 g/mol. The zero-order valence-electron chi connectivity index (χ0n) is 20.5. The fourth-order valence-corrected chi connectivity index (χ4v) is 5.06. The molecule has 5 rings (SSSR count). The van der Waals surface area contributed by atoms with Crippen molar-refractivity contribution in [2.24, 2.45) is 5.73 Å². The van der Waals surface area contributed by atoms with Gasteiger partial charge in [-0.05, 0) is 41.8 Å². The molecule has 0 saturated carbocycles. The minimum absolute atomic E-state index is 0.0940. The lowest BCUT2D eigenvalue weighted by Gasteiger charge is -2.38. The van der Waals surface area contributed by atoms with Gasteiger partial charge < -0.3 is 24.8 Å². The standard InChI is InChI=1S/C29H30F2N2O4/c30-15-26(32)25-6-3-5-24(28(25)31)22-12-20(16-36-27-7-2-1-4-21(27)17-35-19-34)13-23(14-22)33-10-8-29(18-33)9-11-37-29/h1-7,12-14,19,26H,8-11,15-18,32H2. The maximum atomic E-state index is 15.5. The lowest BCUT2D eigenvalue weighted by atomic mass is 9.94. The third-order valence-electron chi connectivity index (χ3n) is 7.20. The van der Waals surface area contributed by atoms with Crippen molar-refractivity contribution < 1.29 is 27.8 Å². The van der Waals surface area contributed by atoms with Crippen LogP contribution in [0, 0.1) is 5.82 Å². The summed E-state index contributed by atoms with van der Waals surface area (Å²) in [4.78, 5) is 12.9. The fourth-order valence-electron chi connectivity index (χ4n) is 5.06. The van der Waals surface area contributed by atoms with E-state index in [0.29, 0.717) is 23.3 Å². The van der Waals surface area contributed by atoms with E-state index in [0.717, 1.165) is 49.4 Å². The summed E-state index contributed by atoms with van der Waals surface area (Å²) in [6.07, 6.45) is 1.99. The first-order chi connectivity index (χ1) is 18.0. The lowest BCUT2D eigenvalue weighted by Crippen LogP contribution is -2.45. The van der Waals surface area contributed by atoms with Gasteiger partial charge in [0.1, 0.15) is 31.5 Å². The third kappa shape index (κ3) is 5.31. The van der Waals surface area contributed by atoms with Gasteiger partial charge in [0.05, 0.1) is 18.2 Å². The predicted molar refractivity (Wildman–Crippen MR) is 136 cm³/mol. The van der Waals surface area contributed by atoms with E-state index >= 15 is 4.39 Å². The fraction of sp³-hybridized carbons (Fsp3) is 0.345. The number of carbonyl (C=O) groups is 1. The number of nitrogens with two attached hydrogens (primary N) is 1. The summed E-state index contributed by atoms with van der Waals surface area (Å²) in [5, 5.41) is 0. The molecule has 2 aliphatic rings. The highest BCUT2D eigenvalue weighted by molar-refractivity contribution is 5.71. The molecule has 2 unspecified atom stereocenters. The van der Waals surface area contributed by atoms with Gasteiger partial charge in [0, 0.05) is 41.9 Å². The molecule has 3 aromatic carbocycles. The van der Waals surface area contributed by atoms with Crippen LogP contribution in [-0.2, 0) is 27.5 Å². The van der Waals surface area contributed by atoms with Crippen molar-refractivity contribution in [3.05, 3.63) is 83.2 Å². The molecule has 3 aromatic rings. The first-order valence-corrected chi connectivity index (χ1v) is 12.4. The van der Waals surface area contributed by atoms with Gasteiger partial charge in [-0.25, -0.2) is 8.78 Å². The molecule has 2 fully saturated rings. The Kier molecular flexibility index (Phi) is 7.39. The van der Waals surface area contributed by atoms with Crippen LogP contribution in [0.25, 0.3) is 11.1 Å². The molecule has 0 bridgehead atoms. The van der Waals surface area contributed by atoms with Crippen LogP contribution in [-0.4, -0.2) is 38.4 Å². The molecule has 0 amide bonds. The van der Waals surface area contributed by atoms with E-state index in [1.807, 2.05) is 42.5 Å². The van der Waals surface area contributed by atoms with Crippen LogP contribution in [0.15, 0.2) is 60.7 Å². The first kappa shape index (κ1) is 25.2. The topological polar surface area (TPSA) is 74.0 Å². The molecule has 37 heavy (non-hydrogen) atoms. The Bertz CT molecular complexity index is 1260. The molecule has 2 aliphatic heterocycles. The first-order valence-electron chi connectivity index (χ1n) is 12.4. The Morgan fingerprint density at radius 2 is 1.95 bits per heavy atom. The predicted octanol–water partition coefficient (Wildman–Crippen LogP) is 5.08. The summed E-state index contributed by atoms with van der Waals surface area (Å²) >= 11 is 0. The van der Waals surface area contributed by atoms with Gasteiger partial charge in [-0.15, -0.1) is 0 Å². The van der Waals surface area contributed by atoms with E-state index in [-0.39, 0.29) is 24.4 Å². The molecule has 2 heterocycles. The van der Waals surface area contributed by atoms with E-state index < -0.39 is 18.5 Å². The van der Waals surface area contributed by atoms with Crippen LogP contribution in [0.2, 0.25) is 0 Å². The summed E-state index contributed by atoms with van der Waals surface area (Å²) in [7, 11) is 0. The minimum Gasteiger partial charge on any atom is -0.488 e. The number of carbonyl (C=O) groups excluding carboxylic acids is 1. The third-order valence-corrected chi connectivity index (χ3v) is 7.20. The number of nitrogens with zero attached hydrogens (tertiary/aromatic N) is 1. The normalized spacial score (nSPS) is 19.5. The molecule has 194 valence electrons. The molecular formula is C29H30F2N2O4. The number of anilines is 1. The van der Waals surface area contributed by atoms with Crippen molar-refractivity contribution in [1.29, 1.82) is 0 Å². The number of hydrogen-bond donors (Lipinski definition) is 1. The number of halogens is 2. The van der Waals surface area contributed by atoms with Crippen LogP contribution < -0.4 is 15.4 Å². The molecule has 0 radical (unpaired) electrons. The maximum Gasteiger partial charge on any atom is 0.293 e. The largest absolute Gasteiger partial charge is 0.488 e. The Balaban J connectivity index is 1.48. The second kappa shape index (κ2) is 10.9. The van der Waals surface area contributed by atoms with Crippen molar-refractivity contribution in [3.63, 3.8) is 0 Å². The van der Waals surface area contributed by atoms with Crippen molar-refractivity contribution in [2.45, 2.75) is 37.7 Å². The molecule has 2 saturated heterocycles. The van der Waals surface area contributed by atoms with E-state index in [4.69, 9.17) is 19.9 Å². The van der Waals surface area contributed by atoms with Crippen LogP contribution in [0.3, 0.4) is 0 Å². The molecule has 2 N–H and O–H groups in total. The van der Waals surface area contributed by atoms with Gasteiger partial charge in [0.25, 0.3) is 6.47 Å². The van der Waals surface area contributed by atoms with Gasteiger partial charge in [-0.3, -0.25) is 4.79 Å². The number of benzene rings is 3. The Labute approximate surface area is 214 Å². The smallest absolute Gasteiger partial charge is 0.293 e. The van der Waals surface area contributed by atoms with Crippen LogP contribution >= 0.6 is 0 Å². The van der Waals surface area contributed by atoms with E-state index in [9.17, 15) is 9.18 Å². The van der Waals surface area contributed by atoms with Gasteiger partial charge in [0.15, 0.2) is 0 Å². The zero-order valence-corrected chi connectivity index (χ0v) is 20.5. The van der Waals surface area contributed by atoms with E-state index in [1.54, 1.807) is 12.1 Å². The van der Waals surface area contributed by atoms with Gasteiger partial charge in [-0.1, -0.05) is 36.4 Å². The second-order valence-electron chi connectivity index (χ2n) is 9.61. The average molecular weight is 509 g/mol. The van der Waals surface area contributed by atoms with Crippen LogP contribution in [0.1, 0.15) is 35.6 Å². The summed E-state index contributed by atoms with van der Waals surface area (Å²) in [5.41, 5.74) is 9.43. The molecule has 0 aliphatic carbocycles. The van der Waals surface area contributed by atoms with Gasteiger partial charge >= 0.3 is 0 Å².